The fraction of sp³-hybridized carbons (Fsp3) is 0.239. The van der Waals surface area contributed by atoms with Crippen molar-refractivity contribution < 1.29 is 58.8 Å². The Morgan fingerprint density at radius 3 is 0.954 bits per heavy atom. The Labute approximate surface area is 510 Å². The predicted octanol–water partition coefficient (Wildman–Crippen LogP) is 13.9. The molecule has 0 spiro atoms. The highest BCUT2D eigenvalue weighted by Crippen LogP contribution is 2.41. The van der Waals surface area contributed by atoms with Gasteiger partial charge in [-0.25, -0.2) is 20.5 Å². The number of hydroxylamine groups is 2. The molecule has 0 saturated heterocycles. The maximum absolute atomic E-state index is 12.9. The van der Waals surface area contributed by atoms with Crippen LogP contribution in [0.15, 0.2) is 231 Å². The van der Waals surface area contributed by atoms with Crippen LogP contribution in [0.25, 0.3) is 0 Å². The molecule has 87 heavy (non-hydrogen) atoms. The van der Waals surface area contributed by atoms with E-state index in [0.29, 0.717) is 67.4 Å². The van der Waals surface area contributed by atoms with E-state index in [0.717, 1.165) is 59.1 Å². The van der Waals surface area contributed by atoms with E-state index in [9.17, 15) is 33.2 Å². The van der Waals surface area contributed by atoms with Crippen LogP contribution in [0.5, 0.6) is 0 Å². The lowest BCUT2D eigenvalue weighted by Gasteiger charge is -2.35. The predicted molar refractivity (Wildman–Crippen MR) is 336 cm³/mol. The van der Waals surface area contributed by atoms with Crippen molar-refractivity contribution in [3.8, 4) is 0 Å². The van der Waals surface area contributed by atoms with Gasteiger partial charge < -0.3 is 25.6 Å². The molecule has 0 aliphatic heterocycles. The summed E-state index contributed by atoms with van der Waals surface area (Å²) in [4.78, 5) is 83.4. The number of carboxylic acids is 1. The fourth-order valence-electron chi connectivity index (χ4n) is 9.37. The highest BCUT2D eigenvalue weighted by atomic mass is 19.1. The van der Waals surface area contributed by atoms with Crippen LogP contribution in [0.3, 0.4) is 0 Å². The van der Waals surface area contributed by atoms with Crippen molar-refractivity contribution in [2.75, 3.05) is 32.4 Å². The molecule has 0 bridgehead atoms. The maximum Gasteiger partial charge on any atom is 0.337 e. The van der Waals surface area contributed by atoms with Crippen LogP contribution in [-0.4, -0.2) is 62.1 Å². The number of hydrogen-bond donors (Lipinski definition) is 5. The number of benzene rings is 8. The SMILES string of the molecule is COC(=O)c1ccc(N)cc1.COC(=O)c1ccc(NC(=O)CCCCCCC(=O)NOC(c2ccccc2)(c2ccccc2)c2ccccc2)cc1.O=C(O)CCCCCCC(=O)NOC(c1ccccc1)(c1ccccc1)c1ccccc1.[2H]CF. The lowest BCUT2D eigenvalue weighted by atomic mass is 9.80. The van der Waals surface area contributed by atoms with Crippen LogP contribution in [0.1, 0.15) is 133 Å². The van der Waals surface area contributed by atoms with Gasteiger partial charge in [0.15, 0.2) is 11.2 Å². The average Bonchev–Trinajstić information content (AvgIpc) is 1.04. The van der Waals surface area contributed by atoms with E-state index in [2.05, 4.69) is 25.8 Å². The first-order valence-electron chi connectivity index (χ1n) is 29.3. The molecule has 8 rings (SSSR count). The smallest absolute Gasteiger partial charge is 0.337 e. The number of methoxy groups -OCH3 is 2. The van der Waals surface area contributed by atoms with Gasteiger partial charge in [-0.05, 0) is 108 Å². The summed E-state index contributed by atoms with van der Waals surface area (Å²) in [5.74, 6) is -2.03. The average molecular weight is 1180 g/mol. The van der Waals surface area contributed by atoms with Crippen LogP contribution < -0.4 is 22.0 Å². The number of carboxylic acid groups (broad SMARTS) is 1. The molecule has 8 aromatic carbocycles. The molecular weight excluding hydrogens is 1100 g/mol. The monoisotopic (exact) mass is 1180 g/mol. The van der Waals surface area contributed by atoms with Gasteiger partial charge in [-0.1, -0.05) is 208 Å². The quantitative estimate of drug-likeness (QED) is 0.0107. The van der Waals surface area contributed by atoms with Gasteiger partial charge in [-0.15, -0.1) is 0 Å². The second-order valence-electron chi connectivity index (χ2n) is 19.8. The molecule has 0 atom stereocenters. The molecule has 0 radical (unpaired) electrons. The summed E-state index contributed by atoms with van der Waals surface area (Å²) < 4.78 is 24.7. The molecule has 0 aliphatic carbocycles. The van der Waals surface area contributed by atoms with Crippen molar-refractivity contribution in [1.82, 2.24) is 11.0 Å². The van der Waals surface area contributed by atoms with E-state index in [1.165, 1.54) is 14.2 Å². The molecule has 3 amide bonds. The Morgan fingerprint density at radius 1 is 0.414 bits per heavy atom. The first-order chi connectivity index (χ1) is 42.8. The zero-order valence-corrected chi connectivity index (χ0v) is 49.1. The Morgan fingerprint density at radius 2 is 0.678 bits per heavy atom. The number of anilines is 2. The molecule has 16 heteroatoms. The van der Waals surface area contributed by atoms with Crippen molar-refractivity contribution in [3.63, 3.8) is 0 Å². The summed E-state index contributed by atoms with van der Waals surface area (Å²) in [5.41, 5.74) is 16.5. The number of alkyl halides is 1. The summed E-state index contributed by atoms with van der Waals surface area (Å²) in [6, 6.07) is 72.3. The number of nitrogens with one attached hydrogen (secondary N) is 3. The van der Waals surface area contributed by atoms with E-state index >= 15 is 0 Å². The number of carbonyl (C=O) groups is 6. The lowest BCUT2D eigenvalue weighted by Crippen LogP contribution is -2.40. The summed E-state index contributed by atoms with van der Waals surface area (Å²) in [5, 5.41) is 11.5. The van der Waals surface area contributed by atoms with Crippen molar-refractivity contribution in [2.24, 2.45) is 0 Å². The Balaban J connectivity index is 0.000000269. The molecule has 15 nitrogen and oxygen atoms in total. The minimum Gasteiger partial charge on any atom is -0.481 e. The van der Waals surface area contributed by atoms with Gasteiger partial charge >= 0.3 is 17.9 Å². The second kappa shape index (κ2) is 37.5. The Hall–Kier alpha value is -9.77. The normalized spacial score (nSPS) is 10.8. The van der Waals surface area contributed by atoms with Gasteiger partial charge in [0, 0.05) is 37.1 Å². The third-order valence-electron chi connectivity index (χ3n) is 13.7. The van der Waals surface area contributed by atoms with Crippen molar-refractivity contribution in [2.45, 2.75) is 88.3 Å². The third kappa shape index (κ3) is 21.4. The molecule has 0 fully saturated rings. The van der Waals surface area contributed by atoms with E-state index in [-0.39, 0.29) is 30.1 Å². The van der Waals surface area contributed by atoms with Gasteiger partial charge in [0.05, 0.1) is 33.9 Å². The molecule has 0 saturated carbocycles. The number of aliphatic carboxylic acids is 1. The van der Waals surface area contributed by atoms with Gasteiger partial charge in [0.25, 0.3) is 0 Å². The first-order valence-corrected chi connectivity index (χ1v) is 28.6. The molecule has 0 aliphatic rings. The number of halogens is 1. The number of nitrogen functional groups attached to an aromatic ring is 1. The lowest BCUT2D eigenvalue weighted by molar-refractivity contribution is -0.144. The largest absolute Gasteiger partial charge is 0.481 e. The van der Waals surface area contributed by atoms with Crippen LogP contribution >= 0.6 is 0 Å². The number of rotatable bonds is 27. The Kier molecular flexibility index (Phi) is 28.6. The number of amides is 3. The fourth-order valence-corrected chi connectivity index (χ4v) is 9.37. The number of ether oxygens (including phenoxy) is 2. The van der Waals surface area contributed by atoms with E-state index < -0.39 is 30.3 Å². The standard InChI is InChI=1S/C35H36N2O5.C27H29NO4.C8H9NO2.CH3F/c1-41-34(40)27-23-25-31(26-24-27)36-32(38)21-13-2-3-14-22-33(39)37-42-35(28-15-7-4-8-16-28,29-17-9-5-10-18-29)30-19-11-6-12-20-30;29-25(20-12-1-2-13-21-26(30)31)28-32-27(22-14-6-3-7-15-22,23-16-8-4-9-17-23)24-18-10-5-11-19-24;1-11-8(10)6-2-4-7(9)5-3-6;1-2/h4-12,15-20,23-26H,2-3,13-14,21-22H2,1H3,(H,36,38)(H,37,39);3-11,14-19H,1-2,12-13,20-21H2,(H,28,29)(H,30,31);2-5H,9H2,1H3;1H3/i;;;1D. The summed E-state index contributed by atoms with van der Waals surface area (Å²) in [7, 11) is 1.67. The van der Waals surface area contributed by atoms with E-state index in [1.54, 1.807) is 48.5 Å². The Bertz CT molecular complexity index is 3120. The van der Waals surface area contributed by atoms with Crippen molar-refractivity contribution in [1.29, 1.82) is 0 Å². The van der Waals surface area contributed by atoms with E-state index in [4.69, 9.17) is 21.9 Å². The summed E-state index contributed by atoms with van der Waals surface area (Å²) >= 11 is 0. The molecule has 8 aromatic rings. The number of esters is 2. The van der Waals surface area contributed by atoms with Crippen LogP contribution in [0, 0.1) is 0 Å². The highest BCUT2D eigenvalue weighted by molar-refractivity contribution is 5.93. The topological polar surface area (TPSA) is 222 Å². The number of hydrogen-bond acceptors (Lipinski definition) is 11. The van der Waals surface area contributed by atoms with Crippen molar-refractivity contribution >= 4 is 47.0 Å². The van der Waals surface area contributed by atoms with Gasteiger partial charge in [-0.2, -0.15) is 0 Å². The molecule has 6 N–H and O–H groups in total. The van der Waals surface area contributed by atoms with Gasteiger partial charge in [0.2, 0.25) is 17.7 Å². The zero-order chi connectivity index (χ0) is 63.2. The van der Waals surface area contributed by atoms with E-state index in [1.807, 2.05) is 182 Å². The summed E-state index contributed by atoms with van der Waals surface area (Å²) in [6.07, 6.45) is 7.13. The number of nitrogens with two attached hydrogens (primary N) is 1. The molecular formula is C71H77FN4O11. The highest BCUT2D eigenvalue weighted by Gasteiger charge is 2.40. The van der Waals surface area contributed by atoms with Gasteiger partial charge in [0.1, 0.15) is 0 Å². The summed E-state index contributed by atoms with van der Waals surface area (Å²) in [6.45, 7) is 0. The number of unbranched alkanes of at least 4 members (excludes halogenated alkanes) is 6. The second-order valence-corrected chi connectivity index (χ2v) is 19.8. The van der Waals surface area contributed by atoms with Gasteiger partial charge in [-0.3, -0.25) is 33.2 Å². The van der Waals surface area contributed by atoms with Crippen molar-refractivity contribution in [3.05, 3.63) is 275 Å². The minimum atomic E-state index is -1.02. The first kappa shape index (κ1) is 66.4. The molecule has 0 unspecified atom stereocenters. The van der Waals surface area contributed by atoms with Crippen LogP contribution in [-0.2, 0) is 49.5 Å². The number of carbonyl (C=O) groups excluding carboxylic acids is 5. The molecule has 0 heterocycles. The minimum absolute atomic E-state index is 0.0916. The maximum atomic E-state index is 12.9. The molecule has 454 valence electrons. The zero-order valence-electron chi connectivity index (χ0n) is 50.1. The molecule has 0 aromatic heterocycles. The van der Waals surface area contributed by atoms with Crippen LogP contribution in [0.4, 0.5) is 15.8 Å². The third-order valence-corrected chi connectivity index (χ3v) is 13.7. The van der Waals surface area contributed by atoms with Crippen LogP contribution in [0.2, 0.25) is 0 Å².